The molecule has 1 aromatic carbocycles. The summed E-state index contributed by atoms with van der Waals surface area (Å²) in [5.41, 5.74) is 0.445. The Labute approximate surface area is 110 Å². The molecule has 1 heterocycles. The molecule has 0 saturated carbocycles. The first-order chi connectivity index (χ1) is 8.89. The molecule has 19 heavy (non-hydrogen) atoms. The predicted octanol–water partition coefficient (Wildman–Crippen LogP) is 0.320. The lowest BCUT2D eigenvalue weighted by Gasteiger charge is -2.09. The number of nitrogens with one attached hydrogen (secondary N) is 1. The van der Waals surface area contributed by atoms with Crippen LogP contribution in [0.15, 0.2) is 41.4 Å². The number of primary sulfonamides is 1. The SMILES string of the molecule is Cn1nccc1C(=O)Nc1ccccc1S(N)(=O)=O. The van der Waals surface area contributed by atoms with Gasteiger partial charge in [0.1, 0.15) is 10.6 Å². The molecular weight excluding hydrogens is 268 g/mol. The van der Waals surface area contributed by atoms with Crippen molar-refractivity contribution in [2.75, 3.05) is 5.32 Å². The molecule has 3 N–H and O–H groups in total. The average Bonchev–Trinajstić information content (AvgIpc) is 2.75. The van der Waals surface area contributed by atoms with Gasteiger partial charge >= 0.3 is 0 Å². The summed E-state index contributed by atoms with van der Waals surface area (Å²) in [6.07, 6.45) is 1.47. The minimum Gasteiger partial charge on any atom is -0.319 e. The van der Waals surface area contributed by atoms with Gasteiger partial charge < -0.3 is 5.32 Å². The number of para-hydroxylation sites is 1. The Morgan fingerprint density at radius 1 is 1.32 bits per heavy atom. The van der Waals surface area contributed by atoms with Gasteiger partial charge in [0.05, 0.1) is 5.69 Å². The third-order valence-corrected chi connectivity index (χ3v) is 3.46. The van der Waals surface area contributed by atoms with Gasteiger partial charge in [0.2, 0.25) is 10.0 Å². The highest BCUT2D eigenvalue weighted by atomic mass is 32.2. The van der Waals surface area contributed by atoms with Crippen molar-refractivity contribution in [1.29, 1.82) is 0 Å². The summed E-state index contributed by atoms with van der Waals surface area (Å²) in [6.45, 7) is 0. The molecule has 0 unspecified atom stereocenters. The smallest absolute Gasteiger partial charge is 0.273 e. The summed E-state index contributed by atoms with van der Waals surface area (Å²) < 4.78 is 24.2. The number of hydrogen-bond acceptors (Lipinski definition) is 4. The summed E-state index contributed by atoms with van der Waals surface area (Å²) in [4.78, 5) is 11.8. The molecule has 0 aliphatic heterocycles. The maximum absolute atomic E-state index is 12.0. The van der Waals surface area contributed by atoms with Crippen molar-refractivity contribution in [2.45, 2.75) is 4.90 Å². The van der Waals surface area contributed by atoms with Crippen molar-refractivity contribution in [2.24, 2.45) is 12.2 Å². The van der Waals surface area contributed by atoms with Crippen molar-refractivity contribution in [3.8, 4) is 0 Å². The van der Waals surface area contributed by atoms with E-state index in [9.17, 15) is 13.2 Å². The Kier molecular flexibility index (Phi) is 3.36. The van der Waals surface area contributed by atoms with Crippen LogP contribution in [0, 0.1) is 0 Å². The second kappa shape index (κ2) is 4.82. The number of carbonyl (C=O) groups is 1. The molecule has 2 aromatic rings. The van der Waals surface area contributed by atoms with Crippen molar-refractivity contribution < 1.29 is 13.2 Å². The summed E-state index contributed by atoms with van der Waals surface area (Å²) >= 11 is 0. The largest absolute Gasteiger partial charge is 0.319 e. The fraction of sp³-hybridized carbons (Fsp3) is 0.0909. The van der Waals surface area contributed by atoms with Crippen LogP contribution in [0.2, 0.25) is 0 Å². The van der Waals surface area contributed by atoms with Gasteiger partial charge in [-0.15, -0.1) is 0 Å². The highest BCUT2D eigenvalue weighted by Gasteiger charge is 2.17. The Morgan fingerprint density at radius 3 is 2.58 bits per heavy atom. The number of aromatic nitrogens is 2. The first-order valence-electron chi connectivity index (χ1n) is 5.31. The zero-order chi connectivity index (χ0) is 14.0. The quantitative estimate of drug-likeness (QED) is 0.844. The summed E-state index contributed by atoms with van der Waals surface area (Å²) in [6, 6.07) is 7.45. The molecule has 7 nitrogen and oxygen atoms in total. The van der Waals surface area contributed by atoms with Crippen LogP contribution in [-0.4, -0.2) is 24.1 Å². The van der Waals surface area contributed by atoms with Crippen LogP contribution >= 0.6 is 0 Å². The monoisotopic (exact) mass is 280 g/mol. The van der Waals surface area contributed by atoms with Gasteiger partial charge in [-0.25, -0.2) is 13.6 Å². The predicted molar refractivity (Wildman–Crippen MR) is 69.0 cm³/mol. The number of nitrogens with zero attached hydrogens (tertiary/aromatic N) is 2. The van der Waals surface area contributed by atoms with Crippen molar-refractivity contribution >= 4 is 21.6 Å². The number of rotatable bonds is 3. The maximum Gasteiger partial charge on any atom is 0.273 e. The van der Waals surface area contributed by atoms with Crippen LogP contribution in [0.3, 0.4) is 0 Å². The highest BCUT2D eigenvalue weighted by molar-refractivity contribution is 7.89. The highest BCUT2D eigenvalue weighted by Crippen LogP contribution is 2.19. The number of aryl methyl sites for hydroxylation is 1. The Bertz CT molecular complexity index is 721. The lowest BCUT2D eigenvalue weighted by Crippen LogP contribution is -2.20. The molecule has 0 spiro atoms. The van der Waals surface area contributed by atoms with Crippen LogP contribution in [0.4, 0.5) is 5.69 Å². The van der Waals surface area contributed by atoms with Gasteiger partial charge in [-0.3, -0.25) is 9.48 Å². The molecular formula is C11H12N4O3S. The van der Waals surface area contributed by atoms with E-state index in [1.165, 1.54) is 35.1 Å². The summed E-state index contributed by atoms with van der Waals surface area (Å²) in [5, 5.41) is 11.5. The average molecular weight is 280 g/mol. The first kappa shape index (κ1) is 13.2. The molecule has 0 aliphatic carbocycles. The minimum absolute atomic E-state index is 0.134. The fourth-order valence-corrected chi connectivity index (χ4v) is 2.29. The third kappa shape index (κ3) is 2.80. The second-order valence-corrected chi connectivity index (χ2v) is 5.37. The Morgan fingerprint density at radius 2 is 2.00 bits per heavy atom. The van der Waals surface area contributed by atoms with Gasteiger partial charge in [0.25, 0.3) is 5.91 Å². The van der Waals surface area contributed by atoms with Gasteiger partial charge in [0, 0.05) is 13.2 Å². The molecule has 1 aromatic heterocycles. The van der Waals surface area contributed by atoms with Gasteiger partial charge in [-0.1, -0.05) is 12.1 Å². The Hall–Kier alpha value is -2.19. The van der Waals surface area contributed by atoms with E-state index in [4.69, 9.17) is 5.14 Å². The zero-order valence-electron chi connectivity index (χ0n) is 10.1. The molecule has 0 bridgehead atoms. The van der Waals surface area contributed by atoms with E-state index in [1.807, 2.05) is 0 Å². The number of nitrogens with two attached hydrogens (primary N) is 1. The van der Waals surface area contributed by atoms with Crippen LogP contribution in [0.5, 0.6) is 0 Å². The summed E-state index contributed by atoms with van der Waals surface area (Å²) in [7, 11) is -2.28. The number of anilines is 1. The third-order valence-electron chi connectivity index (χ3n) is 2.50. The fourth-order valence-electron chi connectivity index (χ4n) is 1.60. The molecule has 1 amide bonds. The maximum atomic E-state index is 12.0. The molecule has 0 fully saturated rings. The molecule has 0 aliphatic rings. The van der Waals surface area contributed by atoms with E-state index in [-0.39, 0.29) is 10.6 Å². The van der Waals surface area contributed by atoms with Gasteiger partial charge in [-0.05, 0) is 18.2 Å². The minimum atomic E-state index is -3.90. The van der Waals surface area contributed by atoms with Crippen molar-refractivity contribution in [3.05, 3.63) is 42.2 Å². The standard InChI is InChI=1S/C11H12N4O3S/c1-15-9(6-7-13-15)11(16)14-8-4-2-3-5-10(8)19(12,17)18/h2-7H,1H3,(H,14,16)(H2,12,17,18). The van der Waals surface area contributed by atoms with E-state index in [1.54, 1.807) is 13.1 Å². The number of carbonyl (C=O) groups excluding carboxylic acids is 1. The first-order valence-corrected chi connectivity index (χ1v) is 6.85. The lowest BCUT2D eigenvalue weighted by molar-refractivity contribution is 0.101. The number of sulfonamides is 1. The molecule has 0 saturated heterocycles. The normalized spacial score (nSPS) is 11.3. The van der Waals surface area contributed by atoms with Crippen LogP contribution in [-0.2, 0) is 17.1 Å². The summed E-state index contributed by atoms with van der Waals surface area (Å²) in [5.74, 6) is -0.462. The van der Waals surface area contributed by atoms with Crippen LogP contribution in [0.1, 0.15) is 10.5 Å². The van der Waals surface area contributed by atoms with Gasteiger partial charge in [-0.2, -0.15) is 5.10 Å². The van der Waals surface area contributed by atoms with Gasteiger partial charge in [0.15, 0.2) is 0 Å². The molecule has 0 atom stereocenters. The molecule has 0 radical (unpaired) electrons. The van der Waals surface area contributed by atoms with E-state index in [0.717, 1.165) is 0 Å². The van der Waals surface area contributed by atoms with Crippen LogP contribution < -0.4 is 10.5 Å². The lowest BCUT2D eigenvalue weighted by atomic mass is 10.3. The number of amides is 1. The molecule has 8 heteroatoms. The van der Waals surface area contributed by atoms with E-state index >= 15 is 0 Å². The van der Waals surface area contributed by atoms with Crippen molar-refractivity contribution in [1.82, 2.24) is 9.78 Å². The number of benzene rings is 1. The molecule has 100 valence electrons. The zero-order valence-corrected chi connectivity index (χ0v) is 10.9. The second-order valence-electron chi connectivity index (χ2n) is 3.84. The van der Waals surface area contributed by atoms with E-state index in [0.29, 0.717) is 5.69 Å². The number of hydrogen-bond donors (Lipinski definition) is 2. The topological polar surface area (TPSA) is 107 Å². The van der Waals surface area contributed by atoms with E-state index < -0.39 is 15.9 Å². The van der Waals surface area contributed by atoms with Crippen LogP contribution in [0.25, 0.3) is 0 Å². The molecule has 2 rings (SSSR count). The Balaban J connectivity index is 2.35. The van der Waals surface area contributed by atoms with Crippen molar-refractivity contribution in [3.63, 3.8) is 0 Å². The van der Waals surface area contributed by atoms with E-state index in [2.05, 4.69) is 10.4 Å².